The van der Waals surface area contributed by atoms with Crippen molar-refractivity contribution in [2.45, 2.75) is 31.8 Å². The van der Waals surface area contributed by atoms with E-state index >= 15 is 0 Å². The van der Waals surface area contributed by atoms with Gasteiger partial charge in [0.25, 0.3) is 0 Å². The van der Waals surface area contributed by atoms with E-state index in [-0.39, 0.29) is 6.10 Å². The number of aliphatic hydroxyl groups is 1. The van der Waals surface area contributed by atoms with Gasteiger partial charge in [0, 0.05) is 19.6 Å². The molecule has 2 rings (SSSR count). The van der Waals surface area contributed by atoms with Gasteiger partial charge in [-0.1, -0.05) is 0 Å². The van der Waals surface area contributed by atoms with E-state index in [0.29, 0.717) is 0 Å². The summed E-state index contributed by atoms with van der Waals surface area (Å²) in [7, 11) is 2.21. The molecule has 0 bridgehead atoms. The van der Waals surface area contributed by atoms with Crippen molar-refractivity contribution < 1.29 is 5.11 Å². The zero-order valence-corrected chi connectivity index (χ0v) is 9.86. The van der Waals surface area contributed by atoms with Gasteiger partial charge in [-0.25, -0.2) is 0 Å². The summed E-state index contributed by atoms with van der Waals surface area (Å²) in [6, 6.07) is 0. The van der Waals surface area contributed by atoms with Crippen LogP contribution in [-0.2, 0) is 0 Å². The number of nitrogens with zero attached hydrogens (tertiary/aromatic N) is 2. The lowest BCUT2D eigenvalue weighted by Gasteiger charge is -2.34. The van der Waals surface area contributed by atoms with Crippen molar-refractivity contribution in [1.29, 1.82) is 0 Å². The standard InChI is InChI=1S/C12H24N2O/c1-13(10-11-8-12(15)9-11)6-7-14-4-2-3-5-14/h11-12,15H,2-10H2,1H3. The Hall–Kier alpha value is -0.120. The van der Waals surface area contributed by atoms with E-state index in [1.807, 2.05) is 0 Å². The molecule has 1 saturated carbocycles. The third-order valence-electron chi connectivity index (χ3n) is 3.78. The molecule has 0 radical (unpaired) electrons. The first kappa shape index (κ1) is 11.4. The van der Waals surface area contributed by atoms with Crippen LogP contribution in [0, 0.1) is 5.92 Å². The van der Waals surface area contributed by atoms with Crippen LogP contribution in [0.25, 0.3) is 0 Å². The first-order chi connectivity index (χ1) is 7.24. The SMILES string of the molecule is CN(CCN1CCCC1)CC1CC(O)C1. The molecule has 1 saturated heterocycles. The van der Waals surface area contributed by atoms with Crippen molar-refractivity contribution in [3.05, 3.63) is 0 Å². The smallest absolute Gasteiger partial charge is 0.0546 e. The predicted molar refractivity (Wildman–Crippen MR) is 61.9 cm³/mol. The zero-order chi connectivity index (χ0) is 10.7. The quantitative estimate of drug-likeness (QED) is 0.730. The lowest BCUT2D eigenvalue weighted by atomic mass is 9.82. The highest BCUT2D eigenvalue weighted by atomic mass is 16.3. The van der Waals surface area contributed by atoms with Gasteiger partial charge in [0.2, 0.25) is 0 Å². The highest BCUT2D eigenvalue weighted by Crippen LogP contribution is 2.27. The molecule has 0 amide bonds. The Kier molecular flexibility index (Phi) is 4.00. The molecule has 3 nitrogen and oxygen atoms in total. The predicted octanol–water partition coefficient (Wildman–Crippen LogP) is 0.785. The van der Waals surface area contributed by atoms with E-state index in [0.717, 1.165) is 18.8 Å². The molecule has 1 aliphatic carbocycles. The maximum absolute atomic E-state index is 9.21. The van der Waals surface area contributed by atoms with Gasteiger partial charge in [0.15, 0.2) is 0 Å². The molecule has 1 N–H and O–H groups in total. The van der Waals surface area contributed by atoms with Crippen LogP contribution in [0.15, 0.2) is 0 Å². The van der Waals surface area contributed by atoms with E-state index in [9.17, 15) is 5.11 Å². The number of rotatable bonds is 5. The second-order valence-corrected chi connectivity index (χ2v) is 5.30. The summed E-state index contributed by atoms with van der Waals surface area (Å²) in [6.07, 6.45) is 4.82. The van der Waals surface area contributed by atoms with Crippen LogP contribution in [0.5, 0.6) is 0 Å². The van der Waals surface area contributed by atoms with Crippen LogP contribution in [0.1, 0.15) is 25.7 Å². The van der Waals surface area contributed by atoms with E-state index in [4.69, 9.17) is 0 Å². The lowest BCUT2D eigenvalue weighted by Crippen LogP contribution is -2.39. The van der Waals surface area contributed by atoms with E-state index in [2.05, 4.69) is 16.8 Å². The molecule has 0 aromatic heterocycles. The van der Waals surface area contributed by atoms with Crippen molar-refractivity contribution in [3.8, 4) is 0 Å². The van der Waals surface area contributed by atoms with Gasteiger partial charge in [0.05, 0.1) is 6.10 Å². The lowest BCUT2D eigenvalue weighted by molar-refractivity contribution is 0.0275. The first-order valence-electron chi connectivity index (χ1n) is 6.33. The average molecular weight is 212 g/mol. The van der Waals surface area contributed by atoms with Crippen LogP contribution >= 0.6 is 0 Å². The molecule has 1 heterocycles. The molecule has 1 aliphatic heterocycles. The summed E-state index contributed by atoms with van der Waals surface area (Å²) in [6.45, 7) is 6.19. The molecule has 0 aromatic carbocycles. The summed E-state index contributed by atoms with van der Waals surface area (Å²) < 4.78 is 0. The molecule has 15 heavy (non-hydrogen) atoms. The van der Waals surface area contributed by atoms with Crippen molar-refractivity contribution >= 4 is 0 Å². The van der Waals surface area contributed by atoms with Gasteiger partial charge in [0.1, 0.15) is 0 Å². The summed E-state index contributed by atoms with van der Waals surface area (Å²) in [4.78, 5) is 4.99. The summed E-state index contributed by atoms with van der Waals surface area (Å²) in [5, 5.41) is 9.21. The Morgan fingerprint density at radius 2 is 1.93 bits per heavy atom. The number of likely N-dealkylation sites (N-methyl/N-ethyl adjacent to an activating group) is 1. The molecular weight excluding hydrogens is 188 g/mol. The fourth-order valence-corrected chi connectivity index (χ4v) is 2.70. The highest BCUT2D eigenvalue weighted by molar-refractivity contribution is 4.80. The van der Waals surface area contributed by atoms with Crippen molar-refractivity contribution in [1.82, 2.24) is 9.80 Å². The topological polar surface area (TPSA) is 26.7 Å². The Balaban J connectivity index is 1.54. The van der Waals surface area contributed by atoms with Crippen LogP contribution in [0.2, 0.25) is 0 Å². The van der Waals surface area contributed by atoms with Crippen LogP contribution in [0.3, 0.4) is 0 Å². The molecule has 88 valence electrons. The van der Waals surface area contributed by atoms with Gasteiger partial charge >= 0.3 is 0 Å². The Morgan fingerprint density at radius 1 is 1.27 bits per heavy atom. The first-order valence-corrected chi connectivity index (χ1v) is 6.33. The monoisotopic (exact) mass is 212 g/mol. The zero-order valence-electron chi connectivity index (χ0n) is 9.86. The Labute approximate surface area is 93.1 Å². The van der Waals surface area contributed by atoms with Gasteiger partial charge in [-0.3, -0.25) is 0 Å². The average Bonchev–Trinajstić information content (AvgIpc) is 2.65. The summed E-state index contributed by atoms with van der Waals surface area (Å²) >= 11 is 0. The highest BCUT2D eigenvalue weighted by Gasteiger charge is 2.27. The third-order valence-corrected chi connectivity index (χ3v) is 3.78. The van der Waals surface area contributed by atoms with Gasteiger partial charge in [-0.2, -0.15) is 0 Å². The van der Waals surface area contributed by atoms with Gasteiger partial charge in [-0.05, 0) is 51.7 Å². The Bertz CT molecular complexity index is 186. The molecule has 0 unspecified atom stereocenters. The van der Waals surface area contributed by atoms with Crippen molar-refractivity contribution in [2.24, 2.45) is 5.92 Å². The van der Waals surface area contributed by atoms with Crippen LogP contribution in [0.4, 0.5) is 0 Å². The minimum atomic E-state index is 0.00184. The Morgan fingerprint density at radius 3 is 2.53 bits per heavy atom. The maximum atomic E-state index is 9.21. The maximum Gasteiger partial charge on any atom is 0.0546 e. The molecule has 2 fully saturated rings. The number of hydrogen-bond donors (Lipinski definition) is 1. The molecule has 0 spiro atoms. The normalized spacial score (nSPS) is 32.2. The fourth-order valence-electron chi connectivity index (χ4n) is 2.70. The number of hydrogen-bond acceptors (Lipinski definition) is 3. The molecule has 2 aliphatic rings. The van der Waals surface area contributed by atoms with E-state index in [1.165, 1.54) is 45.6 Å². The second kappa shape index (κ2) is 5.28. The van der Waals surface area contributed by atoms with Gasteiger partial charge < -0.3 is 14.9 Å². The molecular formula is C12H24N2O. The molecule has 0 atom stereocenters. The second-order valence-electron chi connectivity index (χ2n) is 5.30. The fraction of sp³-hybridized carbons (Fsp3) is 1.00. The molecule has 0 aromatic rings. The van der Waals surface area contributed by atoms with E-state index in [1.54, 1.807) is 0 Å². The van der Waals surface area contributed by atoms with Crippen molar-refractivity contribution in [2.75, 3.05) is 39.8 Å². The molecule has 3 heteroatoms. The number of likely N-dealkylation sites (tertiary alicyclic amines) is 1. The van der Waals surface area contributed by atoms with Crippen LogP contribution < -0.4 is 0 Å². The number of aliphatic hydroxyl groups excluding tert-OH is 1. The van der Waals surface area contributed by atoms with Crippen LogP contribution in [-0.4, -0.2) is 60.8 Å². The van der Waals surface area contributed by atoms with E-state index < -0.39 is 0 Å². The third kappa shape index (κ3) is 3.44. The minimum Gasteiger partial charge on any atom is -0.393 e. The summed E-state index contributed by atoms with van der Waals surface area (Å²) in [5.74, 6) is 0.753. The van der Waals surface area contributed by atoms with Gasteiger partial charge in [-0.15, -0.1) is 0 Å². The van der Waals surface area contributed by atoms with Crippen molar-refractivity contribution in [3.63, 3.8) is 0 Å². The minimum absolute atomic E-state index is 0.00184. The summed E-state index contributed by atoms with van der Waals surface area (Å²) in [5.41, 5.74) is 0. The largest absolute Gasteiger partial charge is 0.393 e.